The number of nitrogens with one attached hydrogen (secondary N) is 1. The molecule has 1 atom stereocenters. The Bertz CT molecular complexity index is 773. The van der Waals surface area contributed by atoms with Crippen LogP contribution in [-0.2, 0) is 4.79 Å². The molecular weight excluding hydrogens is 315 g/mol. The highest BCUT2D eigenvalue weighted by Gasteiger charge is 2.44. The van der Waals surface area contributed by atoms with Crippen LogP contribution in [0.5, 0.6) is 0 Å². The Morgan fingerprint density at radius 3 is 2.96 bits per heavy atom. The Morgan fingerprint density at radius 2 is 2.22 bits per heavy atom. The molecule has 1 saturated heterocycles. The van der Waals surface area contributed by atoms with E-state index in [1.165, 1.54) is 23.5 Å². The van der Waals surface area contributed by atoms with Gasteiger partial charge < -0.3 is 10.2 Å². The number of carbonyl (C=O) groups is 2. The van der Waals surface area contributed by atoms with E-state index in [1.54, 1.807) is 17.0 Å². The van der Waals surface area contributed by atoms with Crippen molar-refractivity contribution >= 4 is 33.2 Å². The van der Waals surface area contributed by atoms with Crippen LogP contribution in [0.25, 0.3) is 10.1 Å². The predicted molar refractivity (Wildman–Crippen MR) is 89.1 cm³/mol. The van der Waals surface area contributed by atoms with E-state index in [-0.39, 0.29) is 17.6 Å². The maximum Gasteiger partial charge on any atom is 0.264 e. The molecule has 0 saturated carbocycles. The van der Waals surface area contributed by atoms with E-state index in [0.717, 1.165) is 16.5 Å². The zero-order valence-electron chi connectivity index (χ0n) is 13.2. The van der Waals surface area contributed by atoms with E-state index >= 15 is 0 Å². The molecule has 0 bridgehead atoms. The first kappa shape index (κ1) is 15.9. The summed E-state index contributed by atoms with van der Waals surface area (Å²) >= 11 is 1.34. The Labute approximate surface area is 138 Å². The van der Waals surface area contributed by atoms with Crippen molar-refractivity contribution in [3.05, 3.63) is 35.0 Å². The fraction of sp³-hybridized carbons (Fsp3) is 0.412. The molecule has 2 heterocycles. The second-order valence-corrected chi connectivity index (χ2v) is 7.11. The molecule has 4 nitrogen and oxygen atoms in total. The average Bonchev–Trinajstić information content (AvgIpc) is 2.93. The van der Waals surface area contributed by atoms with Crippen LogP contribution in [0.15, 0.2) is 24.3 Å². The second-order valence-electron chi connectivity index (χ2n) is 6.03. The maximum atomic E-state index is 13.3. The van der Waals surface area contributed by atoms with Gasteiger partial charge in [-0.1, -0.05) is 13.3 Å². The molecule has 0 radical (unpaired) electrons. The van der Waals surface area contributed by atoms with Crippen LogP contribution in [0, 0.1) is 5.82 Å². The van der Waals surface area contributed by atoms with Gasteiger partial charge in [-0.3, -0.25) is 9.59 Å². The van der Waals surface area contributed by atoms with Crippen LogP contribution in [-0.4, -0.2) is 35.3 Å². The van der Waals surface area contributed by atoms with Gasteiger partial charge in [0.15, 0.2) is 0 Å². The van der Waals surface area contributed by atoms with Crippen molar-refractivity contribution in [3.63, 3.8) is 0 Å². The SMILES string of the molecule is CCCC1(C)C(=O)NCCN1C(=O)c1cc2cc(F)ccc2s1. The number of thiophene rings is 1. The summed E-state index contributed by atoms with van der Waals surface area (Å²) in [6.45, 7) is 4.76. The van der Waals surface area contributed by atoms with Crippen molar-refractivity contribution in [2.75, 3.05) is 13.1 Å². The summed E-state index contributed by atoms with van der Waals surface area (Å²) < 4.78 is 14.2. The van der Waals surface area contributed by atoms with Gasteiger partial charge in [0, 0.05) is 17.8 Å². The number of piperazine rings is 1. The molecule has 6 heteroatoms. The van der Waals surface area contributed by atoms with Crippen LogP contribution < -0.4 is 5.32 Å². The van der Waals surface area contributed by atoms with E-state index in [2.05, 4.69) is 5.32 Å². The number of halogens is 1. The Morgan fingerprint density at radius 1 is 1.43 bits per heavy atom. The van der Waals surface area contributed by atoms with Gasteiger partial charge in [0.1, 0.15) is 11.4 Å². The predicted octanol–water partition coefficient (Wildman–Crippen LogP) is 3.17. The minimum atomic E-state index is -0.828. The summed E-state index contributed by atoms with van der Waals surface area (Å²) in [7, 11) is 0. The summed E-state index contributed by atoms with van der Waals surface area (Å²) in [6, 6.07) is 6.21. The van der Waals surface area contributed by atoms with Crippen LogP contribution >= 0.6 is 11.3 Å². The Balaban J connectivity index is 1.97. The topological polar surface area (TPSA) is 49.4 Å². The first-order valence-electron chi connectivity index (χ1n) is 7.75. The molecule has 0 spiro atoms. The fourth-order valence-electron chi connectivity index (χ4n) is 3.15. The highest BCUT2D eigenvalue weighted by Crippen LogP contribution is 2.31. The lowest BCUT2D eigenvalue weighted by Gasteiger charge is -2.43. The molecule has 1 fully saturated rings. The summed E-state index contributed by atoms with van der Waals surface area (Å²) in [5, 5.41) is 3.57. The Hall–Kier alpha value is -1.95. The summed E-state index contributed by atoms with van der Waals surface area (Å²) in [5.74, 6) is -0.578. The van der Waals surface area contributed by atoms with Crippen molar-refractivity contribution < 1.29 is 14.0 Å². The monoisotopic (exact) mass is 334 g/mol. The quantitative estimate of drug-likeness (QED) is 0.937. The minimum absolute atomic E-state index is 0.105. The maximum absolute atomic E-state index is 13.3. The molecule has 122 valence electrons. The molecular formula is C17H19FN2O2S. The summed E-state index contributed by atoms with van der Waals surface area (Å²) in [5.41, 5.74) is -0.828. The number of benzene rings is 1. The van der Waals surface area contributed by atoms with Gasteiger partial charge in [-0.25, -0.2) is 4.39 Å². The van der Waals surface area contributed by atoms with Crippen molar-refractivity contribution in [1.29, 1.82) is 0 Å². The molecule has 3 rings (SSSR count). The molecule has 2 aromatic rings. The van der Waals surface area contributed by atoms with E-state index in [4.69, 9.17) is 0 Å². The third-order valence-electron chi connectivity index (χ3n) is 4.38. The lowest BCUT2D eigenvalue weighted by molar-refractivity contribution is -0.134. The lowest BCUT2D eigenvalue weighted by Crippen LogP contribution is -2.64. The molecule has 1 N–H and O–H groups in total. The van der Waals surface area contributed by atoms with Gasteiger partial charge >= 0.3 is 0 Å². The largest absolute Gasteiger partial charge is 0.352 e. The molecule has 1 aromatic carbocycles. The van der Waals surface area contributed by atoms with Gasteiger partial charge in [0.2, 0.25) is 5.91 Å². The minimum Gasteiger partial charge on any atom is -0.352 e. The highest BCUT2D eigenvalue weighted by atomic mass is 32.1. The van der Waals surface area contributed by atoms with Crippen molar-refractivity contribution in [3.8, 4) is 0 Å². The average molecular weight is 334 g/mol. The standard InChI is InChI=1S/C17H19FN2O2S/c1-3-6-17(2)16(22)19-7-8-20(17)15(21)14-10-11-9-12(18)4-5-13(11)23-14/h4-5,9-10H,3,6-8H2,1-2H3,(H,19,22). The Kier molecular flexibility index (Phi) is 4.10. The number of nitrogens with zero attached hydrogens (tertiary/aromatic N) is 1. The number of fused-ring (bicyclic) bond motifs is 1. The van der Waals surface area contributed by atoms with E-state index in [1.807, 2.05) is 13.8 Å². The van der Waals surface area contributed by atoms with Crippen molar-refractivity contribution in [1.82, 2.24) is 10.2 Å². The normalized spacial score (nSPS) is 21.5. The van der Waals surface area contributed by atoms with Crippen LogP contribution in [0.3, 0.4) is 0 Å². The van der Waals surface area contributed by atoms with Gasteiger partial charge in [0.05, 0.1) is 4.88 Å². The van der Waals surface area contributed by atoms with Gasteiger partial charge in [0.25, 0.3) is 5.91 Å². The van der Waals surface area contributed by atoms with Crippen molar-refractivity contribution in [2.45, 2.75) is 32.2 Å². The van der Waals surface area contributed by atoms with Crippen LogP contribution in [0.2, 0.25) is 0 Å². The number of amides is 2. The van der Waals surface area contributed by atoms with Crippen molar-refractivity contribution in [2.24, 2.45) is 0 Å². The molecule has 1 aromatic heterocycles. The first-order valence-corrected chi connectivity index (χ1v) is 8.57. The summed E-state index contributed by atoms with van der Waals surface area (Å²) in [4.78, 5) is 27.5. The lowest BCUT2D eigenvalue weighted by atomic mass is 9.90. The highest BCUT2D eigenvalue weighted by molar-refractivity contribution is 7.20. The van der Waals surface area contributed by atoms with Crippen LogP contribution in [0.1, 0.15) is 36.4 Å². The fourth-order valence-corrected chi connectivity index (χ4v) is 4.15. The molecule has 23 heavy (non-hydrogen) atoms. The molecule has 2 amide bonds. The second kappa shape index (κ2) is 5.92. The smallest absolute Gasteiger partial charge is 0.264 e. The van der Waals surface area contributed by atoms with Crippen LogP contribution in [0.4, 0.5) is 4.39 Å². The zero-order valence-corrected chi connectivity index (χ0v) is 14.0. The van der Waals surface area contributed by atoms with E-state index in [0.29, 0.717) is 24.4 Å². The number of hydrogen-bond donors (Lipinski definition) is 1. The van der Waals surface area contributed by atoms with Gasteiger partial charge in [-0.2, -0.15) is 0 Å². The zero-order chi connectivity index (χ0) is 16.6. The van der Waals surface area contributed by atoms with E-state index in [9.17, 15) is 14.0 Å². The van der Waals surface area contributed by atoms with Gasteiger partial charge in [-0.15, -0.1) is 11.3 Å². The third kappa shape index (κ3) is 2.72. The summed E-state index contributed by atoms with van der Waals surface area (Å²) in [6.07, 6.45) is 1.43. The molecule has 0 aliphatic carbocycles. The van der Waals surface area contributed by atoms with E-state index < -0.39 is 5.54 Å². The molecule has 1 unspecified atom stereocenters. The molecule has 1 aliphatic heterocycles. The van der Waals surface area contributed by atoms with Gasteiger partial charge in [-0.05, 0) is 43.0 Å². The third-order valence-corrected chi connectivity index (χ3v) is 5.48. The number of rotatable bonds is 3. The molecule has 1 aliphatic rings. The first-order chi connectivity index (χ1) is 11.0. The number of carbonyl (C=O) groups excluding carboxylic acids is 2. The number of hydrogen-bond acceptors (Lipinski definition) is 3.